The molecular formula is C18H26Cl2N2O. The van der Waals surface area contributed by atoms with Crippen LogP contribution in [-0.4, -0.2) is 29.9 Å². The normalized spacial score (nSPS) is 21.6. The molecule has 0 aromatic heterocycles. The predicted molar refractivity (Wildman–Crippen MR) is 97.3 cm³/mol. The fourth-order valence-electron chi connectivity index (χ4n) is 3.97. The number of carbonyl (C=O) groups excluding carboxylic acids is 1. The average Bonchev–Trinajstić information content (AvgIpc) is 2.55. The third kappa shape index (κ3) is 3.84. The molecule has 1 aliphatic heterocycles. The van der Waals surface area contributed by atoms with Crippen molar-refractivity contribution in [1.29, 1.82) is 0 Å². The van der Waals surface area contributed by atoms with Gasteiger partial charge in [-0.3, -0.25) is 4.79 Å². The van der Waals surface area contributed by atoms with Crippen LogP contribution in [0, 0.1) is 0 Å². The number of likely N-dealkylation sites (tertiary alicyclic amines) is 1. The lowest BCUT2D eigenvalue weighted by atomic mass is 9.68. The molecule has 1 amide bonds. The molecule has 0 unspecified atom stereocenters. The van der Waals surface area contributed by atoms with Crippen LogP contribution in [0.3, 0.4) is 0 Å². The van der Waals surface area contributed by atoms with E-state index >= 15 is 0 Å². The van der Waals surface area contributed by atoms with Gasteiger partial charge in [-0.25, -0.2) is 0 Å². The number of carbonyl (C=O) groups is 1. The number of hydrogen-bond donors (Lipinski definition) is 1. The lowest BCUT2D eigenvalue weighted by Gasteiger charge is -2.42. The summed E-state index contributed by atoms with van der Waals surface area (Å²) in [5.41, 5.74) is 6.71. The molecule has 3 nitrogen and oxygen atoms in total. The van der Waals surface area contributed by atoms with Gasteiger partial charge in [-0.05, 0) is 43.4 Å². The van der Waals surface area contributed by atoms with E-state index in [1.807, 2.05) is 23.1 Å². The molecule has 1 saturated carbocycles. The first-order chi connectivity index (χ1) is 10.6. The summed E-state index contributed by atoms with van der Waals surface area (Å²) in [6, 6.07) is 8.16. The van der Waals surface area contributed by atoms with Gasteiger partial charge in [0.25, 0.3) is 0 Å². The van der Waals surface area contributed by atoms with Gasteiger partial charge in [-0.15, -0.1) is 12.4 Å². The van der Waals surface area contributed by atoms with E-state index in [0.717, 1.165) is 62.2 Å². The van der Waals surface area contributed by atoms with Crippen LogP contribution in [0.1, 0.15) is 50.5 Å². The fourth-order valence-corrected chi connectivity index (χ4v) is 4.16. The first-order valence-electron chi connectivity index (χ1n) is 8.43. The summed E-state index contributed by atoms with van der Waals surface area (Å²) in [4.78, 5) is 15.4. The molecule has 1 saturated heterocycles. The summed E-state index contributed by atoms with van der Waals surface area (Å²) < 4.78 is 0. The van der Waals surface area contributed by atoms with E-state index in [-0.39, 0.29) is 23.9 Å². The number of rotatable bonds is 2. The van der Waals surface area contributed by atoms with Crippen molar-refractivity contribution in [3.8, 4) is 0 Å². The Hall–Kier alpha value is -0.770. The second-order valence-electron chi connectivity index (χ2n) is 6.78. The van der Waals surface area contributed by atoms with Crippen molar-refractivity contribution in [3.05, 3.63) is 34.9 Å². The van der Waals surface area contributed by atoms with Gasteiger partial charge in [-0.2, -0.15) is 0 Å². The maximum absolute atomic E-state index is 13.3. The topological polar surface area (TPSA) is 46.3 Å². The van der Waals surface area contributed by atoms with Crippen LogP contribution in [-0.2, 0) is 10.2 Å². The number of hydrogen-bond acceptors (Lipinski definition) is 2. The van der Waals surface area contributed by atoms with Crippen molar-refractivity contribution in [2.24, 2.45) is 5.73 Å². The van der Waals surface area contributed by atoms with E-state index in [1.54, 1.807) is 0 Å². The molecule has 3 rings (SSSR count). The molecule has 2 aliphatic rings. The highest BCUT2D eigenvalue weighted by Gasteiger charge is 2.44. The first-order valence-corrected chi connectivity index (χ1v) is 8.81. The van der Waals surface area contributed by atoms with E-state index in [9.17, 15) is 4.79 Å². The van der Waals surface area contributed by atoms with Crippen molar-refractivity contribution in [1.82, 2.24) is 4.90 Å². The van der Waals surface area contributed by atoms with E-state index in [2.05, 4.69) is 6.07 Å². The first kappa shape index (κ1) is 18.6. The summed E-state index contributed by atoms with van der Waals surface area (Å²) in [5.74, 6) is 0.293. The van der Waals surface area contributed by atoms with Crippen molar-refractivity contribution in [2.45, 2.75) is 56.4 Å². The Morgan fingerprint density at radius 3 is 2.43 bits per heavy atom. The Morgan fingerprint density at radius 1 is 1.17 bits per heavy atom. The Bertz CT molecular complexity index is 536. The predicted octanol–water partition coefficient (Wildman–Crippen LogP) is 3.91. The second kappa shape index (κ2) is 7.87. The summed E-state index contributed by atoms with van der Waals surface area (Å²) in [7, 11) is 0. The molecule has 5 heteroatoms. The van der Waals surface area contributed by atoms with Gasteiger partial charge in [-0.1, -0.05) is 43.0 Å². The number of nitrogens with zero attached hydrogens (tertiary/aromatic N) is 1. The Morgan fingerprint density at radius 2 is 1.83 bits per heavy atom. The highest BCUT2D eigenvalue weighted by atomic mass is 35.5. The zero-order valence-corrected chi connectivity index (χ0v) is 15.0. The Labute approximate surface area is 150 Å². The molecule has 2 fully saturated rings. The number of nitrogens with two attached hydrogens (primary N) is 1. The standard InChI is InChI=1S/C18H25ClN2O.ClH/c19-15-6-4-5-14(13-15)18(9-2-1-3-10-18)17(22)21-11-7-16(20)8-12-21;/h4-6,13,16H,1-3,7-12,20H2;1H. The van der Waals surface area contributed by atoms with Gasteiger partial charge in [0.2, 0.25) is 5.91 Å². The summed E-state index contributed by atoms with van der Waals surface area (Å²) in [6.07, 6.45) is 7.16. The number of piperidine rings is 1. The minimum Gasteiger partial charge on any atom is -0.342 e. The quantitative estimate of drug-likeness (QED) is 0.872. The van der Waals surface area contributed by atoms with Crippen molar-refractivity contribution in [3.63, 3.8) is 0 Å². The number of amides is 1. The van der Waals surface area contributed by atoms with Crippen LogP contribution in [0.4, 0.5) is 0 Å². The minimum atomic E-state index is -0.370. The third-order valence-corrected chi connectivity index (χ3v) is 5.56. The van der Waals surface area contributed by atoms with Crippen LogP contribution in [0.15, 0.2) is 24.3 Å². The molecule has 23 heavy (non-hydrogen) atoms. The maximum atomic E-state index is 13.3. The molecule has 0 spiro atoms. The molecule has 1 heterocycles. The molecule has 2 N–H and O–H groups in total. The van der Waals surface area contributed by atoms with Gasteiger partial charge in [0, 0.05) is 24.2 Å². The van der Waals surface area contributed by atoms with E-state index < -0.39 is 0 Å². The number of benzene rings is 1. The SMILES string of the molecule is Cl.NC1CCN(C(=O)C2(c3cccc(Cl)c3)CCCCC2)CC1. The Balaban J connectivity index is 0.00000192. The highest BCUT2D eigenvalue weighted by molar-refractivity contribution is 6.30. The van der Waals surface area contributed by atoms with Gasteiger partial charge in [0.05, 0.1) is 5.41 Å². The van der Waals surface area contributed by atoms with Gasteiger partial charge >= 0.3 is 0 Å². The van der Waals surface area contributed by atoms with Gasteiger partial charge < -0.3 is 10.6 Å². The molecular weight excluding hydrogens is 331 g/mol. The van der Waals surface area contributed by atoms with Crippen LogP contribution in [0.2, 0.25) is 5.02 Å². The molecule has 1 aromatic rings. The van der Waals surface area contributed by atoms with Crippen LogP contribution < -0.4 is 5.73 Å². The van der Waals surface area contributed by atoms with Gasteiger partial charge in [0.1, 0.15) is 0 Å². The summed E-state index contributed by atoms with van der Waals surface area (Å²) in [6.45, 7) is 1.59. The van der Waals surface area contributed by atoms with Crippen LogP contribution >= 0.6 is 24.0 Å². The summed E-state index contributed by atoms with van der Waals surface area (Å²) >= 11 is 6.19. The largest absolute Gasteiger partial charge is 0.342 e. The molecule has 1 aliphatic carbocycles. The van der Waals surface area contributed by atoms with E-state index in [0.29, 0.717) is 5.91 Å². The lowest BCUT2D eigenvalue weighted by Crippen LogP contribution is -2.52. The molecule has 0 radical (unpaired) electrons. The molecule has 0 atom stereocenters. The maximum Gasteiger partial charge on any atom is 0.233 e. The zero-order valence-electron chi connectivity index (χ0n) is 13.5. The van der Waals surface area contributed by atoms with E-state index in [4.69, 9.17) is 17.3 Å². The molecule has 0 bridgehead atoms. The van der Waals surface area contributed by atoms with Crippen molar-refractivity contribution >= 4 is 29.9 Å². The highest BCUT2D eigenvalue weighted by Crippen LogP contribution is 2.42. The smallest absolute Gasteiger partial charge is 0.233 e. The van der Waals surface area contributed by atoms with Crippen molar-refractivity contribution < 1.29 is 4.79 Å². The summed E-state index contributed by atoms with van der Waals surface area (Å²) in [5, 5.41) is 0.718. The minimum absolute atomic E-state index is 0. The van der Waals surface area contributed by atoms with Crippen LogP contribution in [0.5, 0.6) is 0 Å². The zero-order chi connectivity index (χ0) is 15.6. The Kier molecular flexibility index (Phi) is 6.35. The molecule has 1 aromatic carbocycles. The lowest BCUT2D eigenvalue weighted by molar-refractivity contribution is -0.140. The number of halogens is 2. The van der Waals surface area contributed by atoms with E-state index in [1.165, 1.54) is 6.42 Å². The fraction of sp³-hybridized carbons (Fsp3) is 0.611. The third-order valence-electron chi connectivity index (χ3n) is 5.32. The second-order valence-corrected chi connectivity index (χ2v) is 7.22. The average molecular weight is 357 g/mol. The van der Waals surface area contributed by atoms with Crippen molar-refractivity contribution in [2.75, 3.05) is 13.1 Å². The van der Waals surface area contributed by atoms with Gasteiger partial charge in [0.15, 0.2) is 0 Å². The monoisotopic (exact) mass is 356 g/mol. The molecule has 128 valence electrons. The van der Waals surface area contributed by atoms with Crippen LogP contribution in [0.25, 0.3) is 0 Å².